The van der Waals surface area contributed by atoms with Crippen LogP contribution in [0.5, 0.6) is 0 Å². The van der Waals surface area contributed by atoms with E-state index in [0.29, 0.717) is 17.0 Å². The average molecular weight is 343 g/mol. The van der Waals surface area contributed by atoms with Crippen molar-refractivity contribution in [2.45, 2.75) is 13.5 Å². The second kappa shape index (κ2) is 5.31. The normalized spacial score (nSPS) is 10.9. The zero-order chi connectivity index (χ0) is 15.0. The second-order valence-electron chi connectivity index (χ2n) is 4.95. The van der Waals surface area contributed by atoms with Crippen molar-refractivity contribution in [2.75, 3.05) is 5.73 Å². The molecular formula is C15H14N5Se. The molecule has 105 valence electrons. The number of rotatable bonds is 3. The molecule has 0 aliphatic rings. The number of hydrogen-bond donors (Lipinski definition) is 2. The summed E-state index contributed by atoms with van der Waals surface area (Å²) in [5, 5.41) is 8.59. The molecule has 3 N–H and O–H groups in total. The quantitative estimate of drug-likeness (QED) is 0.563. The molecule has 6 heteroatoms. The minimum atomic E-state index is 0.337. The Morgan fingerprint density at radius 3 is 2.90 bits per heavy atom. The molecule has 0 amide bonds. The SMILES string of the molecule is Cc1cccc(Cn2cc(C(=N)[Se])c3c(N)ncnc32)c1. The summed E-state index contributed by atoms with van der Waals surface area (Å²) < 4.78 is 2.34. The van der Waals surface area contributed by atoms with Crippen LogP contribution in [0.25, 0.3) is 11.0 Å². The van der Waals surface area contributed by atoms with Gasteiger partial charge in [-0.2, -0.15) is 0 Å². The van der Waals surface area contributed by atoms with Crippen molar-refractivity contribution in [2.24, 2.45) is 0 Å². The molecule has 1 radical (unpaired) electrons. The fraction of sp³-hybridized carbons (Fsp3) is 0.133. The van der Waals surface area contributed by atoms with Gasteiger partial charge in [0.1, 0.15) is 0 Å². The van der Waals surface area contributed by atoms with Gasteiger partial charge in [-0.15, -0.1) is 0 Å². The molecule has 0 fully saturated rings. The van der Waals surface area contributed by atoms with Crippen LogP contribution >= 0.6 is 0 Å². The number of aromatic nitrogens is 3. The van der Waals surface area contributed by atoms with Gasteiger partial charge in [-0.1, -0.05) is 0 Å². The molecular weight excluding hydrogens is 329 g/mol. The zero-order valence-electron chi connectivity index (χ0n) is 11.5. The molecule has 0 aliphatic carbocycles. The van der Waals surface area contributed by atoms with E-state index in [1.165, 1.54) is 17.5 Å². The number of nitrogens with zero attached hydrogens (tertiary/aromatic N) is 3. The third-order valence-corrected chi connectivity index (χ3v) is 3.82. The van der Waals surface area contributed by atoms with E-state index in [2.05, 4.69) is 51.1 Å². The fourth-order valence-electron chi connectivity index (χ4n) is 2.45. The van der Waals surface area contributed by atoms with Crippen molar-refractivity contribution in [3.63, 3.8) is 0 Å². The number of hydrogen-bond acceptors (Lipinski definition) is 4. The van der Waals surface area contributed by atoms with Crippen LogP contribution in [0, 0.1) is 12.3 Å². The van der Waals surface area contributed by atoms with Crippen molar-refractivity contribution >= 4 is 37.5 Å². The number of nitrogen functional groups attached to an aromatic ring is 1. The van der Waals surface area contributed by atoms with Crippen LogP contribution in [-0.2, 0) is 6.54 Å². The van der Waals surface area contributed by atoms with E-state index in [-0.39, 0.29) is 0 Å². The molecule has 5 nitrogen and oxygen atoms in total. The van der Waals surface area contributed by atoms with Crippen molar-refractivity contribution in [1.29, 1.82) is 5.41 Å². The summed E-state index contributed by atoms with van der Waals surface area (Å²) in [6.45, 7) is 2.75. The summed E-state index contributed by atoms with van der Waals surface area (Å²) in [4.78, 5) is 8.35. The molecule has 3 aromatic rings. The monoisotopic (exact) mass is 344 g/mol. The summed E-state index contributed by atoms with van der Waals surface area (Å²) in [7, 11) is 0. The van der Waals surface area contributed by atoms with Crippen molar-refractivity contribution in [3.8, 4) is 0 Å². The van der Waals surface area contributed by atoms with E-state index in [1.54, 1.807) is 0 Å². The maximum atomic E-state index is 7.86. The van der Waals surface area contributed by atoms with Crippen LogP contribution in [0.15, 0.2) is 36.8 Å². The van der Waals surface area contributed by atoms with Gasteiger partial charge in [-0.05, 0) is 0 Å². The Morgan fingerprint density at radius 2 is 2.19 bits per heavy atom. The molecule has 21 heavy (non-hydrogen) atoms. The van der Waals surface area contributed by atoms with Gasteiger partial charge in [-0.25, -0.2) is 0 Å². The second-order valence-corrected chi connectivity index (χ2v) is 5.80. The zero-order valence-corrected chi connectivity index (χ0v) is 13.2. The van der Waals surface area contributed by atoms with Gasteiger partial charge in [0.15, 0.2) is 0 Å². The first kappa shape index (κ1) is 13.8. The van der Waals surface area contributed by atoms with E-state index < -0.39 is 0 Å². The Labute approximate surface area is 130 Å². The molecule has 2 aromatic heterocycles. The van der Waals surface area contributed by atoms with Gasteiger partial charge < -0.3 is 0 Å². The van der Waals surface area contributed by atoms with E-state index in [4.69, 9.17) is 11.1 Å². The summed E-state index contributed by atoms with van der Waals surface area (Å²) in [6, 6.07) is 8.32. The molecule has 0 aliphatic heterocycles. The maximum absolute atomic E-state index is 7.86. The van der Waals surface area contributed by atoms with Crippen molar-refractivity contribution in [3.05, 3.63) is 53.5 Å². The Balaban J connectivity index is 2.15. The van der Waals surface area contributed by atoms with E-state index in [9.17, 15) is 0 Å². The van der Waals surface area contributed by atoms with Crippen LogP contribution in [0.3, 0.4) is 0 Å². The summed E-state index contributed by atoms with van der Waals surface area (Å²) in [6.07, 6.45) is 3.36. The first-order valence-corrected chi connectivity index (χ1v) is 7.32. The van der Waals surface area contributed by atoms with Gasteiger partial charge in [0.2, 0.25) is 0 Å². The van der Waals surface area contributed by atoms with Crippen molar-refractivity contribution < 1.29 is 0 Å². The molecule has 0 saturated heterocycles. The van der Waals surface area contributed by atoms with E-state index in [1.807, 2.05) is 16.8 Å². The Hall–Kier alpha value is -2.17. The summed E-state index contributed by atoms with van der Waals surface area (Å²) in [5.41, 5.74) is 9.83. The number of fused-ring (bicyclic) bond motifs is 1. The third kappa shape index (κ3) is 2.55. The topological polar surface area (TPSA) is 80.6 Å². The van der Waals surface area contributed by atoms with Gasteiger partial charge in [0, 0.05) is 0 Å². The molecule has 0 saturated carbocycles. The molecule has 0 bridgehead atoms. The summed E-state index contributed by atoms with van der Waals surface area (Å²) >= 11 is 2.72. The van der Waals surface area contributed by atoms with Crippen LogP contribution < -0.4 is 5.73 Å². The Bertz CT molecular complexity index is 837. The number of benzene rings is 1. The number of nitrogens with two attached hydrogens (primary N) is 1. The van der Waals surface area contributed by atoms with Gasteiger partial charge >= 0.3 is 130 Å². The van der Waals surface area contributed by atoms with E-state index >= 15 is 0 Å². The fourth-order valence-corrected chi connectivity index (χ4v) is 2.77. The molecule has 0 atom stereocenters. The standard InChI is InChI=1S/C15H14N5Se/c1-9-3-2-4-10(5-9)6-20-7-11(14(17)21)12-13(16)18-8-19-15(12)20/h2-5,7-8,17H,6H2,1H3,(H2,16,18,19). The van der Waals surface area contributed by atoms with Crippen LogP contribution in [-0.4, -0.2) is 35.2 Å². The predicted octanol–water partition coefficient (Wildman–Crippen LogP) is 1.86. The third-order valence-electron chi connectivity index (χ3n) is 3.36. The number of anilines is 1. The molecule has 1 aromatic carbocycles. The number of aryl methyl sites for hydroxylation is 1. The first-order chi connectivity index (χ1) is 10.1. The van der Waals surface area contributed by atoms with E-state index in [0.717, 1.165) is 16.6 Å². The summed E-state index contributed by atoms with van der Waals surface area (Å²) in [5.74, 6) is 0.401. The van der Waals surface area contributed by atoms with Crippen LogP contribution in [0.1, 0.15) is 16.7 Å². The van der Waals surface area contributed by atoms with Gasteiger partial charge in [-0.3, -0.25) is 0 Å². The van der Waals surface area contributed by atoms with Crippen molar-refractivity contribution in [1.82, 2.24) is 14.5 Å². The Morgan fingerprint density at radius 1 is 1.38 bits per heavy atom. The van der Waals surface area contributed by atoms with Gasteiger partial charge in [0.25, 0.3) is 0 Å². The molecule has 0 unspecified atom stereocenters. The number of nitrogens with one attached hydrogen (secondary N) is 1. The van der Waals surface area contributed by atoms with Gasteiger partial charge in [0.05, 0.1) is 0 Å². The molecule has 3 rings (SSSR count). The van der Waals surface area contributed by atoms with Crippen LogP contribution in [0.4, 0.5) is 5.82 Å². The predicted molar refractivity (Wildman–Crippen MR) is 84.8 cm³/mol. The molecule has 0 spiro atoms. The van der Waals surface area contributed by atoms with Crippen LogP contribution in [0.2, 0.25) is 0 Å². The Kier molecular flexibility index (Phi) is 3.49. The molecule has 2 heterocycles. The first-order valence-electron chi connectivity index (χ1n) is 6.47. The minimum absolute atomic E-state index is 0.337. The average Bonchev–Trinajstić information content (AvgIpc) is 2.79.